The largest absolute Gasteiger partial charge is 0.481 e. The highest BCUT2D eigenvalue weighted by atomic mass is 16.4. The third-order valence-corrected chi connectivity index (χ3v) is 3.21. The fourth-order valence-electron chi connectivity index (χ4n) is 2.23. The van der Waals surface area contributed by atoms with Crippen LogP contribution in [0.25, 0.3) is 0 Å². The monoisotopic (exact) mass is 239 g/mol. The Bertz CT molecular complexity index is 315. The summed E-state index contributed by atoms with van der Waals surface area (Å²) in [6, 6.07) is 0. The van der Waals surface area contributed by atoms with Crippen molar-refractivity contribution in [2.24, 2.45) is 5.92 Å². The van der Waals surface area contributed by atoms with Crippen LogP contribution in [0.3, 0.4) is 0 Å². The van der Waals surface area contributed by atoms with Gasteiger partial charge in [0.2, 0.25) is 5.91 Å². The van der Waals surface area contributed by atoms with Crippen LogP contribution in [-0.2, 0) is 9.59 Å². The van der Waals surface area contributed by atoms with E-state index in [0.29, 0.717) is 13.1 Å². The Labute approximate surface area is 102 Å². The number of carboxylic acid groups (broad SMARTS) is 1. The summed E-state index contributed by atoms with van der Waals surface area (Å²) < 4.78 is 0. The predicted molar refractivity (Wildman–Crippen MR) is 65.6 cm³/mol. The van der Waals surface area contributed by atoms with E-state index in [-0.39, 0.29) is 18.2 Å². The molecule has 1 rings (SSSR count). The van der Waals surface area contributed by atoms with Gasteiger partial charge in [-0.05, 0) is 32.1 Å². The van der Waals surface area contributed by atoms with Gasteiger partial charge in [-0.25, -0.2) is 0 Å². The third-order valence-electron chi connectivity index (χ3n) is 3.21. The van der Waals surface area contributed by atoms with Crippen molar-refractivity contribution in [3.05, 3.63) is 11.6 Å². The lowest BCUT2D eigenvalue weighted by atomic mass is 9.93. The molecular formula is C13H21NO3. The molecule has 0 saturated carbocycles. The first-order chi connectivity index (χ1) is 8.04. The topological polar surface area (TPSA) is 57.6 Å². The van der Waals surface area contributed by atoms with Crippen molar-refractivity contribution in [2.45, 2.75) is 39.5 Å². The summed E-state index contributed by atoms with van der Waals surface area (Å²) in [6.07, 6.45) is 4.64. The van der Waals surface area contributed by atoms with E-state index in [9.17, 15) is 9.59 Å². The fourth-order valence-corrected chi connectivity index (χ4v) is 2.23. The second kappa shape index (κ2) is 6.42. The second-order valence-corrected chi connectivity index (χ2v) is 4.63. The molecule has 4 heteroatoms. The van der Waals surface area contributed by atoms with Crippen molar-refractivity contribution in [1.29, 1.82) is 0 Å². The number of likely N-dealkylation sites (tertiary alicyclic amines) is 1. The molecule has 96 valence electrons. The SMILES string of the molecule is CCC=C(C)C(=O)N1CCC(CC(=O)O)CC1. The molecule has 1 amide bonds. The molecular weight excluding hydrogens is 218 g/mol. The standard InChI is InChI=1S/C13H21NO3/c1-3-4-10(2)13(17)14-7-5-11(6-8-14)9-12(15)16/h4,11H,3,5-9H2,1-2H3,(H,15,16). The van der Waals surface area contributed by atoms with E-state index in [0.717, 1.165) is 24.8 Å². The first-order valence-corrected chi connectivity index (χ1v) is 6.22. The molecule has 1 aliphatic heterocycles. The van der Waals surface area contributed by atoms with Crippen LogP contribution in [-0.4, -0.2) is 35.0 Å². The lowest BCUT2D eigenvalue weighted by Crippen LogP contribution is -2.39. The Kier molecular flexibility index (Phi) is 5.19. The van der Waals surface area contributed by atoms with E-state index in [4.69, 9.17) is 5.11 Å². The number of carbonyl (C=O) groups excluding carboxylic acids is 1. The molecule has 0 unspecified atom stereocenters. The fraction of sp³-hybridized carbons (Fsp3) is 0.692. The van der Waals surface area contributed by atoms with Crippen LogP contribution in [0.5, 0.6) is 0 Å². The first kappa shape index (κ1) is 13.7. The number of carbonyl (C=O) groups is 2. The Balaban J connectivity index is 2.44. The molecule has 0 aromatic heterocycles. The smallest absolute Gasteiger partial charge is 0.303 e. The predicted octanol–water partition coefficient (Wildman–Crippen LogP) is 2.06. The third kappa shape index (κ3) is 4.21. The van der Waals surface area contributed by atoms with Crippen LogP contribution >= 0.6 is 0 Å². The zero-order valence-corrected chi connectivity index (χ0v) is 10.6. The average molecular weight is 239 g/mol. The number of carboxylic acids is 1. The summed E-state index contributed by atoms with van der Waals surface area (Å²) in [6.45, 7) is 5.22. The van der Waals surface area contributed by atoms with Gasteiger partial charge in [0, 0.05) is 25.1 Å². The molecule has 0 spiro atoms. The van der Waals surface area contributed by atoms with Crippen LogP contribution in [0, 0.1) is 5.92 Å². The molecule has 0 aromatic rings. The Morgan fingerprint density at radius 3 is 2.41 bits per heavy atom. The van der Waals surface area contributed by atoms with Crippen LogP contribution in [0.15, 0.2) is 11.6 Å². The van der Waals surface area contributed by atoms with Crippen molar-refractivity contribution in [3.63, 3.8) is 0 Å². The van der Waals surface area contributed by atoms with E-state index in [1.807, 2.05) is 24.8 Å². The molecule has 0 bridgehead atoms. The van der Waals surface area contributed by atoms with E-state index < -0.39 is 5.97 Å². The van der Waals surface area contributed by atoms with Gasteiger partial charge in [0.15, 0.2) is 0 Å². The minimum atomic E-state index is -0.739. The number of nitrogens with zero attached hydrogens (tertiary/aromatic N) is 1. The van der Waals surface area contributed by atoms with Crippen LogP contribution in [0.1, 0.15) is 39.5 Å². The molecule has 1 aliphatic rings. The van der Waals surface area contributed by atoms with Crippen molar-refractivity contribution >= 4 is 11.9 Å². The molecule has 4 nitrogen and oxygen atoms in total. The summed E-state index contributed by atoms with van der Waals surface area (Å²) >= 11 is 0. The van der Waals surface area contributed by atoms with Crippen molar-refractivity contribution in [1.82, 2.24) is 4.90 Å². The van der Waals surface area contributed by atoms with Gasteiger partial charge in [0.05, 0.1) is 0 Å². The number of rotatable bonds is 4. The first-order valence-electron chi connectivity index (χ1n) is 6.22. The number of allylic oxidation sites excluding steroid dienone is 1. The van der Waals surface area contributed by atoms with E-state index >= 15 is 0 Å². The van der Waals surface area contributed by atoms with Gasteiger partial charge >= 0.3 is 5.97 Å². The number of hydrogen-bond donors (Lipinski definition) is 1. The van der Waals surface area contributed by atoms with Crippen molar-refractivity contribution < 1.29 is 14.7 Å². The average Bonchev–Trinajstić information content (AvgIpc) is 2.28. The zero-order chi connectivity index (χ0) is 12.8. The minimum Gasteiger partial charge on any atom is -0.481 e. The van der Waals surface area contributed by atoms with Crippen LogP contribution < -0.4 is 0 Å². The maximum absolute atomic E-state index is 12.0. The minimum absolute atomic E-state index is 0.0978. The molecule has 1 saturated heterocycles. The normalized spacial score (nSPS) is 18.2. The van der Waals surface area contributed by atoms with Crippen LogP contribution in [0.4, 0.5) is 0 Å². The summed E-state index contributed by atoms with van der Waals surface area (Å²) in [5, 5.41) is 8.71. The van der Waals surface area contributed by atoms with E-state index in [1.165, 1.54) is 0 Å². The number of aliphatic carboxylic acids is 1. The summed E-state index contributed by atoms with van der Waals surface area (Å²) in [5.74, 6) is -0.413. The van der Waals surface area contributed by atoms with Crippen molar-refractivity contribution in [3.8, 4) is 0 Å². The van der Waals surface area contributed by atoms with Crippen LogP contribution in [0.2, 0.25) is 0 Å². The molecule has 17 heavy (non-hydrogen) atoms. The lowest BCUT2D eigenvalue weighted by molar-refractivity contribution is -0.138. The van der Waals surface area contributed by atoms with Gasteiger partial charge in [-0.15, -0.1) is 0 Å². The Morgan fingerprint density at radius 1 is 1.35 bits per heavy atom. The lowest BCUT2D eigenvalue weighted by Gasteiger charge is -2.31. The molecule has 0 aliphatic carbocycles. The highest BCUT2D eigenvalue weighted by molar-refractivity contribution is 5.92. The van der Waals surface area contributed by atoms with Gasteiger partial charge in [0.25, 0.3) is 0 Å². The number of amides is 1. The highest BCUT2D eigenvalue weighted by Gasteiger charge is 2.24. The van der Waals surface area contributed by atoms with Gasteiger partial charge in [-0.1, -0.05) is 13.0 Å². The number of piperidine rings is 1. The molecule has 0 radical (unpaired) electrons. The summed E-state index contributed by atoms with van der Waals surface area (Å²) in [5.41, 5.74) is 0.796. The quantitative estimate of drug-likeness (QED) is 0.764. The second-order valence-electron chi connectivity index (χ2n) is 4.63. The van der Waals surface area contributed by atoms with Gasteiger partial charge < -0.3 is 10.0 Å². The van der Waals surface area contributed by atoms with Gasteiger partial charge in [-0.2, -0.15) is 0 Å². The zero-order valence-electron chi connectivity index (χ0n) is 10.6. The van der Waals surface area contributed by atoms with Crippen molar-refractivity contribution in [2.75, 3.05) is 13.1 Å². The van der Waals surface area contributed by atoms with Gasteiger partial charge in [0.1, 0.15) is 0 Å². The maximum Gasteiger partial charge on any atom is 0.303 e. The van der Waals surface area contributed by atoms with E-state index in [2.05, 4.69) is 0 Å². The number of hydrogen-bond acceptors (Lipinski definition) is 2. The maximum atomic E-state index is 12.0. The van der Waals surface area contributed by atoms with Gasteiger partial charge in [-0.3, -0.25) is 9.59 Å². The molecule has 1 heterocycles. The summed E-state index contributed by atoms with van der Waals surface area (Å²) in [7, 11) is 0. The van der Waals surface area contributed by atoms with E-state index in [1.54, 1.807) is 0 Å². The molecule has 0 aromatic carbocycles. The Hall–Kier alpha value is -1.32. The highest BCUT2D eigenvalue weighted by Crippen LogP contribution is 2.21. The molecule has 1 N–H and O–H groups in total. The summed E-state index contributed by atoms with van der Waals surface area (Å²) in [4.78, 5) is 24.4. The Morgan fingerprint density at radius 2 is 1.94 bits per heavy atom. The molecule has 0 atom stereocenters. The molecule has 1 fully saturated rings.